The van der Waals surface area contributed by atoms with E-state index < -0.39 is 0 Å². The zero-order chi connectivity index (χ0) is 14.2. The Morgan fingerprint density at radius 2 is 1.29 bits per heavy atom. The molecule has 0 aliphatic carbocycles. The summed E-state index contributed by atoms with van der Waals surface area (Å²) in [4.78, 5) is 0. The molecule has 0 amide bonds. The standard InChI is InChI=1S/C20H13Cl/c21-17-11-10-16-12-15-8-4-5-9-18(15)20(19(16)13-17)14-6-2-1-3-7-14/h1-13H. The number of hydrogen-bond acceptors (Lipinski definition) is 0. The van der Waals surface area contributed by atoms with Crippen molar-refractivity contribution in [2.45, 2.75) is 0 Å². The summed E-state index contributed by atoms with van der Waals surface area (Å²) in [5.74, 6) is 0. The molecule has 0 atom stereocenters. The third kappa shape index (κ3) is 2.09. The van der Waals surface area contributed by atoms with E-state index in [9.17, 15) is 0 Å². The first-order valence-electron chi connectivity index (χ1n) is 6.99. The highest BCUT2D eigenvalue weighted by atomic mass is 35.5. The fourth-order valence-electron chi connectivity index (χ4n) is 2.95. The molecule has 4 aromatic rings. The highest BCUT2D eigenvalue weighted by Gasteiger charge is 2.09. The third-order valence-corrected chi connectivity index (χ3v) is 4.12. The minimum Gasteiger partial charge on any atom is -0.0843 e. The molecule has 0 saturated carbocycles. The molecule has 4 rings (SSSR count). The summed E-state index contributed by atoms with van der Waals surface area (Å²) in [6.45, 7) is 0. The molecule has 0 aliphatic rings. The normalized spacial score (nSPS) is 11.1. The van der Waals surface area contributed by atoms with E-state index in [1.54, 1.807) is 0 Å². The van der Waals surface area contributed by atoms with Crippen LogP contribution in [0, 0.1) is 0 Å². The van der Waals surface area contributed by atoms with Crippen molar-refractivity contribution in [1.82, 2.24) is 0 Å². The molecular formula is C20H13Cl. The molecule has 0 heterocycles. The van der Waals surface area contributed by atoms with Gasteiger partial charge < -0.3 is 0 Å². The quantitative estimate of drug-likeness (QED) is 0.360. The van der Waals surface area contributed by atoms with E-state index in [-0.39, 0.29) is 0 Å². The van der Waals surface area contributed by atoms with Crippen molar-refractivity contribution >= 4 is 33.1 Å². The lowest BCUT2D eigenvalue weighted by Crippen LogP contribution is -1.85. The van der Waals surface area contributed by atoms with Crippen LogP contribution in [-0.4, -0.2) is 0 Å². The number of fused-ring (bicyclic) bond motifs is 2. The number of benzene rings is 4. The second-order valence-electron chi connectivity index (χ2n) is 5.20. The van der Waals surface area contributed by atoms with Gasteiger partial charge in [0.25, 0.3) is 0 Å². The van der Waals surface area contributed by atoms with E-state index in [0.717, 1.165) is 5.02 Å². The van der Waals surface area contributed by atoms with Gasteiger partial charge in [0, 0.05) is 5.02 Å². The van der Waals surface area contributed by atoms with Crippen LogP contribution in [0.5, 0.6) is 0 Å². The first-order chi connectivity index (χ1) is 10.3. The average molecular weight is 289 g/mol. The Balaban J connectivity index is 2.24. The monoisotopic (exact) mass is 288 g/mol. The Kier molecular flexibility index (Phi) is 2.90. The van der Waals surface area contributed by atoms with Crippen molar-refractivity contribution in [2.24, 2.45) is 0 Å². The van der Waals surface area contributed by atoms with Gasteiger partial charge in [0.1, 0.15) is 0 Å². The molecule has 0 aromatic heterocycles. The topological polar surface area (TPSA) is 0 Å². The Labute approximate surface area is 128 Å². The smallest absolute Gasteiger partial charge is 0.0412 e. The summed E-state index contributed by atoms with van der Waals surface area (Å²) in [7, 11) is 0. The Hall–Kier alpha value is -2.31. The van der Waals surface area contributed by atoms with Crippen LogP contribution in [0.4, 0.5) is 0 Å². The van der Waals surface area contributed by atoms with Gasteiger partial charge >= 0.3 is 0 Å². The van der Waals surface area contributed by atoms with Gasteiger partial charge in [-0.3, -0.25) is 0 Å². The van der Waals surface area contributed by atoms with E-state index >= 15 is 0 Å². The highest BCUT2D eigenvalue weighted by Crippen LogP contribution is 2.37. The lowest BCUT2D eigenvalue weighted by atomic mass is 9.92. The SMILES string of the molecule is Clc1ccc2cc3ccccc3c(-c3ccccc3)c2c1. The van der Waals surface area contributed by atoms with Gasteiger partial charge in [-0.05, 0) is 50.9 Å². The molecule has 0 N–H and O–H groups in total. The average Bonchev–Trinajstić information content (AvgIpc) is 2.53. The molecule has 0 aliphatic heterocycles. The van der Waals surface area contributed by atoms with Crippen LogP contribution in [0.3, 0.4) is 0 Å². The van der Waals surface area contributed by atoms with E-state index in [2.05, 4.69) is 66.7 Å². The summed E-state index contributed by atoms with van der Waals surface area (Å²) in [6.07, 6.45) is 0. The van der Waals surface area contributed by atoms with Crippen molar-refractivity contribution in [3.63, 3.8) is 0 Å². The molecule has 100 valence electrons. The maximum Gasteiger partial charge on any atom is 0.0412 e. The lowest BCUT2D eigenvalue weighted by Gasteiger charge is -2.12. The summed E-state index contributed by atoms with van der Waals surface area (Å²) >= 11 is 6.23. The van der Waals surface area contributed by atoms with Crippen LogP contribution in [0.1, 0.15) is 0 Å². The van der Waals surface area contributed by atoms with Crippen LogP contribution in [0.15, 0.2) is 78.9 Å². The van der Waals surface area contributed by atoms with Crippen molar-refractivity contribution < 1.29 is 0 Å². The molecular weight excluding hydrogens is 276 g/mol. The third-order valence-electron chi connectivity index (χ3n) is 3.89. The molecule has 0 nitrogen and oxygen atoms in total. The molecule has 21 heavy (non-hydrogen) atoms. The molecule has 4 aromatic carbocycles. The second kappa shape index (κ2) is 4.91. The summed E-state index contributed by atoms with van der Waals surface area (Å²) < 4.78 is 0. The van der Waals surface area contributed by atoms with Gasteiger partial charge in [-0.15, -0.1) is 0 Å². The van der Waals surface area contributed by atoms with Crippen LogP contribution in [0.25, 0.3) is 32.7 Å². The first kappa shape index (κ1) is 12.4. The van der Waals surface area contributed by atoms with Crippen molar-refractivity contribution in [3.8, 4) is 11.1 Å². The lowest BCUT2D eigenvalue weighted by molar-refractivity contribution is 1.67. The zero-order valence-corrected chi connectivity index (χ0v) is 12.1. The molecule has 1 heteroatoms. The fraction of sp³-hybridized carbons (Fsp3) is 0. The summed E-state index contributed by atoms with van der Waals surface area (Å²) in [5.41, 5.74) is 2.48. The van der Waals surface area contributed by atoms with Crippen LogP contribution >= 0.6 is 11.6 Å². The summed E-state index contributed by atoms with van der Waals surface area (Å²) in [6, 6.07) is 27.4. The maximum absolute atomic E-state index is 6.23. The molecule has 0 unspecified atom stereocenters. The second-order valence-corrected chi connectivity index (χ2v) is 5.64. The van der Waals surface area contributed by atoms with Crippen LogP contribution in [0.2, 0.25) is 5.02 Å². The number of rotatable bonds is 1. The van der Waals surface area contributed by atoms with Crippen molar-refractivity contribution in [2.75, 3.05) is 0 Å². The predicted molar refractivity (Wildman–Crippen MR) is 91.9 cm³/mol. The van der Waals surface area contributed by atoms with Gasteiger partial charge in [0.05, 0.1) is 0 Å². The van der Waals surface area contributed by atoms with Gasteiger partial charge in [0.2, 0.25) is 0 Å². The Morgan fingerprint density at radius 1 is 0.571 bits per heavy atom. The van der Waals surface area contributed by atoms with E-state index in [1.807, 2.05) is 12.1 Å². The largest absolute Gasteiger partial charge is 0.0843 e. The van der Waals surface area contributed by atoms with Gasteiger partial charge in [-0.25, -0.2) is 0 Å². The van der Waals surface area contributed by atoms with Gasteiger partial charge in [0.15, 0.2) is 0 Å². The fourth-order valence-corrected chi connectivity index (χ4v) is 3.12. The van der Waals surface area contributed by atoms with Gasteiger partial charge in [-0.1, -0.05) is 72.3 Å². The summed E-state index contributed by atoms with van der Waals surface area (Å²) in [5, 5.41) is 5.71. The minimum absolute atomic E-state index is 0.773. The maximum atomic E-state index is 6.23. The van der Waals surface area contributed by atoms with Crippen molar-refractivity contribution in [1.29, 1.82) is 0 Å². The van der Waals surface area contributed by atoms with Gasteiger partial charge in [-0.2, -0.15) is 0 Å². The first-order valence-corrected chi connectivity index (χ1v) is 7.37. The molecule has 0 fully saturated rings. The molecule has 0 spiro atoms. The molecule has 0 bridgehead atoms. The number of halogens is 1. The predicted octanol–water partition coefficient (Wildman–Crippen LogP) is 6.31. The number of hydrogen-bond donors (Lipinski definition) is 0. The Morgan fingerprint density at radius 3 is 2.14 bits per heavy atom. The van der Waals surface area contributed by atoms with E-state index in [4.69, 9.17) is 11.6 Å². The molecule has 0 saturated heterocycles. The molecule has 0 radical (unpaired) electrons. The minimum atomic E-state index is 0.773. The Bertz CT molecular complexity index is 940. The van der Waals surface area contributed by atoms with Crippen LogP contribution < -0.4 is 0 Å². The van der Waals surface area contributed by atoms with E-state index in [0.29, 0.717) is 0 Å². The van der Waals surface area contributed by atoms with E-state index in [1.165, 1.54) is 32.7 Å². The van der Waals surface area contributed by atoms with Crippen molar-refractivity contribution in [3.05, 3.63) is 83.9 Å². The van der Waals surface area contributed by atoms with Crippen LogP contribution in [-0.2, 0) is 0 Å². The zero-order valence-electron chi connectivity index (χ0n) is 11.4. The highest BCUT2D eigenvalue weighted by molar-refractivity contribution is 6.31.